The van der Waals surface area contributed by atoms with E-state index in [1.807, 2.05) is 31.2 Å². The molecule has 0 unspecified atom stereocenters. The zero-order valence-corrected chi connectivity index (χ0v) is 13.6. The van der Waals surface area contributed by atoms with E-state index in [0.29, 0.717) is 5.56 Å². The number of nitrogens with one attached hydrogen (secondary N) is 3. The molecule has 0 saturated heterocycles. The summed E-state index contributed by atoms with van der Waals surface area (Å²) in [5.74, 6) is 0.906. The van der Waals surface area contributed by atoms with Gasteiger partial charge in [-0.15, -0.1) is 0 Å². The van der Waals surface area contributed by atoms with Crippen LogP contribution in [0, 0.1) is 12.8 Å². The summed E-state index contributed by atoms with van der Waals surface area (Å²) in [6.45, 7) is 6.05. The van der Waals surface area contributed by atoms with Crippen molar-refractivity contribution in [1.29, 1.82) is 0 Å². The summed E-state index contributed by atoms with van der Waals surface area (Å²) in [7, 11) is 0. The van der Waals surface area contributed by atoms with E-state index in [1.165, 1.54) is 0 Å². The average Bonchev–Trinajstić information content (AvgIpc) is 3.17. The van der Waals surface area contributed by atoms with Crippen molar-refractivity contribution in [3.63, 3.8) is 0 Å². The first kappa shape index (κ1) is 15.3. The Bertz CT molecular complexity index is 786. The third-order valence-electron chi connectivity index (χ3n) is 4.28. The molecule has 1 aromatic carbocycles. The van der Waals surface area contributed by atoms with Gasteiger partial charge in [0.2, 0.25) is 0 Å². The van der Waals surface area contributed by atoms with Gasteiger partial charge in [-0.2, -0.15) is 5.10 Å². The molecule has 3 rings (SSSR count). The lowest BCUT2D eigenvalue weighted by Crippen LogP contribution is -2.33. The molecular formula is C17H21N5O. The molecule has 0 aliphatic rings. The number of aromatic amines is 2. The first-order chi connectivity index (χ1) is 11.1. The minimum absolute atomic E-state index is 0.137. The van der Waals surface area contributed by atoms with Gasteiger partial charge in [0.05, 0.1) is 28.8 Å². The first-order valence-corrected chi connectivity index (χ1v) is 7.85. The van der Waals surface area contributed by atoms with Gasteiger partial charge in [-0.3, -0.25) is 9.89 Å². The van der Waals surface area contributed by atoms with Crippen molar-refractivity contribution < 1.29 is 4.79 Å². The maximum absolute atomic E-state index is 12.5. The van der Waals surface area contributed by atoms with E-state index in [2.05, 4.69) is 39.3 Å². The quantitative estimate of drug-likeness (QED) is 0.676. The van der Waals surface area contributed by atoms with Crippen LogP contribution in [0.4, 0.5) is 0 Å². The number of carbonyl (C=O) groups excluding carboxylic acids is 1. The number of hydrogen-bond donors (Lipinski definition) is 3. The Hall–Kier alpha value is -2.63. The Labute approximate surface area is 134 Å². The third-order valence-corrected chi connectivity index (χ3v) is 4.28. The number of rotatable bonds is 5. The number of H-pyrrole nitrogens is 2. The number of imidazole rings is 1. The van der Waals surface area contributed by atoms with Gasteiger partial charge in [0, 0.05) is 5.69 Å². The van der Waals surface area contributed by atoms with Crippen LogP contribution < -0.4 is 5.32 Å². The van der Waals surface area contributed by atoms with Crippen LogP contribution in [0.2, 0.25) is 0 Å². The SMILES string of the molecule is CC[C@H](C)[C@H](NC(=O)c1cn[nH]c1C)c1nc2ccccc2[nH]1. The lowest BCUT2D eigenvalue weighted by atomic mass is 9.98. The molecular weight excluding hydrogens is 290 g/mol. The van der Waals surface area contributed by atoms with Crippen LogP contribution in [0.3, 0.4) is 0 Å². The average molecular weight is 311 g/mol. The molecule has 0 fully saturated rings. The van der Waals surface area contributed by atoms with Gasteiger partial charge >= 0.3 is 0 Å². The largest absolute Gasteiger partial charge is 0.342 e. The Morgan fingerprint density at radius 3 is 2.78 bits per heavy atom. The van der Waals surface area contributed by atoms with Gasteiger partial charge in [-0.25, -0.2) is 4.98 Å². The van der Waals surface area contributed by atoms with E-state index in [1.54, 1.807) is 6.20 Å². The first-order valence-electron chi connectivity index (χ1n) is 7.85. The highest BCUT2D eigenvalue weighted by Gasteiger charge is 2.25. The topological polar surface area (TPSA) is 86.5 Å². The summed E-state index contributed by atoms with van der Waals surface area (Å²) in [4.78, 5) is 20.5. The maximum atomic E-state index is 12.5. The van der Waals surface area contributed by atoms with Crippen molar-refractivity contribution in [1.82, 2.24) is 25.5 Å². The summed E-state index contributed by atoms with van der Waals surface area (Å²) in [5, 5.41) is 9.80. The summed E-state index contributed by atoms with van der Waals surface area (Å²) in [5.41, 5.74) is 3.21. The van der Waals surface area contributed by atoms with E-state index >= 15 is 0 Å². The molecule has 0 saturated carbocycles. The third kappa shape index (κ3) is 2.97. The lowest BCUT2D eigenvalue weighted by molar-refractivity contribution is 0.0920. The maximum Gasteiger partial charge on any atom is 0.255 e. The number of para-hydroxylation sites is 2. The second-order valence-corrected chi connectivity index (χ2v) is 5.88. The van der Waals surface area contributed by atoms with Crippen LogP contribution in [0.1, 0.15) is 48.2 Å². The fourth-order valence-corrected chi connectivity index (χ4v) is 2.63. The second-order valence-electron chi connectivity index (χ2n) is 5.88. The van der Waals surface area contributed by atoms with Crippen molar-refractivity contribution >= 4 is 16.9 Å². The molecule has 0 spiro atoms. The number of nitrogens with zero attached hydrogens (tertiary/aromatic N) is 2. The highest BCUT2D eigenvalue weighted by Crippen LogP contribution is 2.25. The summed E-state index contributed by atoms with van der Waals surface area (Å²) < 4.78 is 0. The van der Waals surface area contributed by atoms with Crippen LogP contribution in [0.25, 0.3) is 11.0 Å². The lowest BCUT2D eigenvalue weighted by Gasteiger charge is -2.22. The summed E-state index contributed by atoms with van der Waals surface area (Å²) in [6.07, 6.45) is 2.49. The molecule has 1 amide bonds. The molecule has 23 heavy (non-hydrogen) atoms. The molecule has 0 radical (unpaired) electrons. The molecule has 2 heterocycles. The van der Waals surface area contributed by atoms with Crippen molar-refractivity contribution in [3.05, 3.63) is 47.5 Å². The zero-order valence-electron chi connectivity index (χ0n) is 13.6. The Kier molecular flexibility index (Phi) is 4.14. The normalized spacial score (nSPS) is 13.9. The van der Waals surface area contributed by atoms with E-state index in [9.17, 15) is 4.79 Å². The van der Waals surface area contributed by atoms with Crippen molar-refractivity contribution in [2.75, 3.05) is 0 Å². The van der Waals surface area contributed by atoms with Gasteiger partial charge in [0.1, 0.15) is 5.82 Å². The van der Waals surface area contributed by atoms with Gasteiger partial charge in [0.15, 0.2) is 0 Å². The molecule has 2 aromatic heterocycles. The number of aryl methyl sites for hydroxylation is 1. The molecule has 2 atom stereocenters. The van der Waals surface area contributed by atoms with Crippen molar-refractivity contribution in [3.8, 4) is 0 Å². The van der Waals surface area contributed by atoms with E-state index in [-0.39, 0.29) is 17.9 Å². The molecule has 0 aliphatic carbocycles. The van der Waals surface area contributed by atoms with Crippen LogP contribution >= 0.6 is 0 Å². The fourth-order valence-electron chi connectivity index (χ4n) is 2.63. The minimum Gasteiger partial charge on any atom is -0.342 e. The number of hydrogen-bond acceptors (Lipinski definition) is 3. The number of amides is 1. The van der Waals surface area contributed by atoms with Crippen LogP contribution in [-0.4, -0.2) is 26.1 Å². The second kappa shape index (κ2) is 6.24. The van der Waals surface area contributed by atoms with Gasteiger partial charge < -0.3 is 10.3 Å². The Morgan fingerprint density at radius 1 is 1.35 bits per heavy atom. The van der Waals surface area contributed by atoms with Gasteiger partial charge in [-0.05, 0) is 25.0 Å². The van der Waals surface area contributed by atoms with E-state index in [4.69, 9.17) is 0 Å². The smallest absolute Gasteiger partial charge is 0.255 e. The molecule has 3 N–H and O–H groups in total. The standard InChI is InChI=1S/C17H21N5O/c1-4-10(2)15(21-17(23)12-9-18-22-11(12)3)16-19-13-7-5-6-8-14(13)20-16/h5-10,15H,4H2,1-3H3,(H,18,22)(H,19,20)(H,21,23)/t10-,15-/m0/s1. The van der Waals surface area contributed by atoms with Crippen LogP contribution in [-0.2, 0) is 0 Å². The van der Waals surface area contributed by atoms with E-state index < -0.39 is 0 Å². The molecule has 3 aromatic rings. The van der Waals surface area contributed by atoms with Gasteiger partial charge in [0.25, 0.3) is 5.91 Å². The van der Waals surface area contributed by atoms with Crippen molar-refractivity contribution in [2.45, 2.75) is 33.2 Å². The number of benzene rings is 1. The van der Waals surface area contributed by atoms with Gasteiger partial charge in [-0.1, -0.05) is 32.4 Å². The van der Waals surface area contributed by atoms with Crippen LogP contribution in [0.5, 0.6) is 0 Å². The fraction of sp³-hybridized carbons (Fsp3) is 0.353. The number of carbonyl (C=O) groups is 1. The molecule has 6 heteroatoms. The van der Waals surface area contributed by atoms with E-state index in [0.717, 1.165) is 29.0 Å². The van der Waals surface area contributed by atoms with Crippen LogP contribution in [0.15, 0.2) is 30.5 Å². The highest BCUT2D eigenvalue weighted by molar-refractivity contribution is 5.95. The van der Waals surface area contributed by atoms with Crippen molar-refractivity contribution in [2.24, 2.45) is 5.92 Å². The molecule has 120 valence electrons. The molecule has 6 nitrogen and oxygen atoms in total. The minimum atomic E-state index is -0.172. The Balaban J connectivity index is 1.91. The molecule has 0 bridgehead atoms. The summed E-state index contributed by atoms with van der Waals surface area (Å²) in [6, 6.07) is 7.70. The highest BCUT2D eigenvalue weighted by atomic mass is 16.1. The monoisotopic (exact) mass is 311 g/mol. The predicted octanol–water partition coefficient (Wildman–Crippen LogP) is 3.11. The number of aromatic nitrogens is 4. The summed E-state index contributed by atoms with van der Waals surface area (Å²) >= 11 is 0. The predicted molar refractivity (Wildman–Crippen MR) is 89.1 cm³/mol. The number of fused-ring (bicyclic) bond motifs is 1. The molecule has 0 aliphatic heterocycles. The zero-order chi connectivity index (χ0) is 16.4. The Morgan fingerprint density at radius 2 is 2.13 bits per heavy atom.